The van der Waals surface area contributed by atoms with E-state index in [-0.39, 0.29) is 0 Å². The minimum Gasteiger partial charge on any atom is -0.379 e. The van der Waals surface area contributed by atoms with Crippen molar-refractivity contribution in [1.29, 1.82) is 0 Å². The topological polar surface area (TPSA) is 42.7 Å². The normalized spacial score (nSPS) is 10.6. The molecule has 0 amide bonds. The Balaban J connectivity index is 1.86. The maximum absolute atomic E-state index is 4.04. The molecule has 0 saturated carbocycles. The molecule has 2 rings (SSSR count). The van der Waals surface area contributed by atoms with Crippen LogP contribution in [0.5, 0.6) is 0 Å². The van der Waals surface area contributed by atoms with E-state index >= 15 is 0 Å². The molecule has 1 heterocycles. The molecule has 0 saturated heterocycles. The van der Waals surface area contributed by atoms with Crippen LogP contribution in [0.2, 0.25) is 0 Å². The van der Waals surface area contributed by atoms with Crippen LogP contribution in [0.1, 0.15) is 31.0 Å². The molecule has 1 N–H and O–H groups in total. The Morgan fingerprint density at radius 1 is 1.22 bits per heavy atom. The highest BCUT2D eigenvalue weighted by molar-refractivity contribution is 5.44. The number of hydrogen-bond donors (Lipinski definition) is 1. The SMILES string of the molecule is CCCCc1ccc(NCc2cn(C)nn2)cc1. The smallest absolute Gasteiger partial charge is 0.102 e. The number of nitrogens with one attached hydrogen (secondary N) is 1. The molecule has 4 heteroatoms. The summed E-state index contributed by atoms with van der Waals surface area (Å²) in [6.45, 7) is 2.93. The fourth-order valence-corrected chi connectivity index (χ4v) is 1.84. The first-order valence-corrected chi connectivity index (χ1v) is 6.46. The van der Waals surface area contributed by atoms with Crippen LogP contribution >= 0.6 is 0 Å². The van der Waals surface area contributed by atoms with Crippen molar-refractivity contribution in [3.63, 3.8) is 0 Å². The van der Waals surface area contributed by atoms with Gasteiger partial charge in [0.15, 0.2) is 0 Å². The number of aryl methyl sites for hydroxylation is 2. The third-order valence-corrected chi connectivity index (χ3v) is 2.90. The van der Waals surface area contributed by atoms with Gasteiger partial charge >= 0.3 is 0 Å². The van der Waals surface area contributed by atoms with Gasteiger partial charge in [-0.1, -0.05) is 30.7 Å². The maximum atomic E-state index is 4.04. The van der Waals surface area contributed by atoms with E-state index in [1.165, 1.54) is 24.8 Å². The molecule has 1 aromatic carbocycles. The summed E-state index contributed by atoms with van der Waals surface area (Å²) in [6.07, 6.45) is 5.59. The zero-order valence-electron chi connectivity index (χ0n) is 11.1. The van der Waals surface area contributed by atoms with Gasteiger partial charge in [-0.25, -0.2) is 0 Å². The van der Waals surface area contributed by atoms with Gasteiger partial charge in [-0.15, -0.1) is 5.10 Å². The lowest BCUT2D eigenvalue weighted by Gasteiger charge is -2.05. The Hall–Kier alpha value is -1.84. The predicted octanol–water partition coefficient (Wildman–Crippen LogP) is 2.77. The molecule has 0 fully saturated rings. The molecule has 4 nitrogen and oxygen atoms in total. The van der Waals surface area contributed by atoms with E-state index in [1.54, 1.807) is 4.68 Å². The lowest BCUT2D eigenvalue weighted by atomic mass is 10.1. The third kappa shape index (κ3) is 3.58. The number of anilines is 1. The van der Waals surface area contributed by atoms with Crippen LogP contribution in [0.3, 0.4) is 0 Å². The summed E-state index contributed by atoms with van der Waals surface area (Å²) in [4.78, 5) is 0. The molecule has 1 aromatic heterocycles. The summed E-state index contributed by atoms with van der Waals surface area (Å²) in [5, 5.41) is 11.3. The first-order chi connectivity index (χ1) is 8.78. The van der Waals surface area contributed by atoms with Gasteiger partial charge in [-0.2, -0.15) is 0 Å². The Morgan fingerprint density at radius 2 is 2.00 bits per heavy atom. The van der Waals surface area contributed by atoms with Crippen LogP contribution in [0.15, 0.2) is 30.5 Å². The van der Waals surface area contributed by atoms with Crippen molar-refractivity contribution >= 4 is 5.69 Å². The van der Waals surface area contributed by atoms with E-state index in [4.69, 9.17) is 0 Å². The minimum absolute atomic E-state index is 0.710. The summed E-state index contributed by atoms with van der Waals surface area (Å²) in [7, 11) is 1.87. The summed E-state index contributed by atoms with van der Waals surface area (Å²) in [5.74, 6) is 0. The van der Waals surface area contributed by atoms with Crippen LogP contribution < -0.4 is 5.32 Å². The van der Waals surface area contributed by atoms with Gasteiger partial charge in [0.1, 0.15) is 5.69 Å². The van der Waals surface area contributed by atoms with E-state index < -0.39 is 0 Å². The Bertz CT molecular complexity index is 473. The number of aromatic nitrogens is 3. The van der Waals surface area contributed by atoms with Crippen LogP contribution in [-0.2, 0) is 20.0 Å². The number of nitrogens with zero attached hydrogens (tertiary/aromatic N) is 3. The van der Waals surface area contributed by atoms with Crippen molar-refractivity contribution in [2.24, 2.45) is 7.05 Å². The number of rotatable bonds is 6. The van der Waals surface area contributed by atoms with Crippen molar-refractivity contribution in [3.8, 4) is 0 Å². The Kier molecular flexibility index (Phi) is 4.34. The van der Waals surface area contributed by atoms with E-state index in [1.807, 2.05) is 13.2 Å². The molecule has 0 unspecified atom stereocenters. The Morgan fingerprint density at radius 3 is 2.61 bits per heavy atom. The lowest BCUT2D eigenvalue weighted by Crippen LogP contribution is -1.99. The maximum Gasteiger partial charge on any atom is 0.102 e. The highest BCUT2D eigenvalue weighted by atomic mass is 15.4. The average Bonchev–Trinajstić information content (AvgIpc) is 2.81. The van der Waals surface area contributed by atoms with Gasteiger partial charge in [0, 0.05) is 18.9 Å². The van der Waals surface area contributed by atoms with Crippen molar-refractivity contribution in [2.75, 3.05) is 5.32 Å². The van der Waals surface area contributed by atoms with E-state index in [0.29, 0.717) is 6.54 Å². The molecule has 0 radical (unpaired) electrons. The summed E-state index contributed by atoms with van der Waals surface area (Å²) in [5.41, 5.74) is 3.48. The molecule has 0 spiro atoms. The first kappa shape index (κ1) is 12.6. The van der Waals surface area contributed by atoms with Gasteiger partial charge in [-0.3, -0.25) is 4.68 Å². The highest BCUT2D eigenvalue weighted by Gasteiger charge is 1.98. The van der Waals surface area contributed by atoms with Gasteiger partial charge in [0.25, 0.3) is 0 Å². The van der Waals surface area contributed by atoms with Gasteiger partial charge < -0.3 is 5.32 Å². The molecular weight excluding hydrogens is 224 g/mol. The fourth-order valence-electron chi connectivity index (χ4n) is 1.84. The number of unbranched alkanes of at least 4 members (excludes halogenated alkanes) is 1. The van der Waals surface area contributed by atoms with Gasteiger partial charge in [-0.05, 0) is 30.5 Å². The quantitative estimate of drug-likeness (QED) is 0.849. The molecular formula is C14H20N4. The van der Waals surface area contributed by atoms with Crippen molar-refractivity contribution < 1.29 is 0 Å². The van der Waals surface area contributed by atoms with Crippen molar-refractivity contribution in [3.05, 3.63) is 41.7 Å². The summed E-state index contributed by atoms with van der Waals surface area (Å²) >= 11 is 0. The average molecular weight is 244 g/mol. The van der Waals surface area contributed by atoms with Crippen molar-refractivity contribution in [1.82, 2.24) is 15.0 Å². The number of hydrogen-bond acceptors (Lipinski definition) is 3. The summed E-state index contributed by atoms with van der Waals surface area (Å²) in [6, 6.07) is 8.63. The zero-order valence-corrected chi connectivity index (χ0v) is 11.1. The van der Waals surface area contributed by atoms with Crippen LogP contribution in [-0.4, -0.2) is 15.0 Å². The summed E-state index contributed by atoms with van der Waals surface area (Å²) < 4.78 is 1.71. The standard InChI is InChI=1S/C14H20N4/c1-3-4-5-12-6-8-13(9-7-12)15-10-14-11-18(2)17-16-14/h6-9,11,15H,3-5,10H2,1-2H3. The molecule has 0 aliphatic heterocycles. The van der Waals surface area contributed by atoms with E-state index in [2.05, 4.69) is 46.8 Å². The second kappa shape index (κ2) is 6.19. The molecule has 96 valence electrons. The Labute approximate surface area is 108 Å². The molecule has 0 aliphatic rings. The van der Waals surface area contributed by atoms with E-state index in [9.17, 15) is 0 Å². The highest BCUT2D eigenvalue weighted by Crippen LogP contribution is 2.12. The first-order valence-electron chi connectivity index (χ1n) is 6.46. The van der Waals surface area contributed by atoms with Crippen molar-refractivity contribution in [2.45, 2.75) is 32.7 Å². The lowest BCUT2D eigenvalue weighted by molar-refractivity contribution is 0.713. The largest absolute Gasteiger partial charge is 0.379 e. The number of benzene rings is 1. The predicted molar refractivity (Wildman–Crippen MR) is 73.4 cm³/mol. The minimum atomic E-state index is 0.710. The molecule has 0 aliphatic carbocycles. The molecule has 0 bridgehead atoms. The fraction of sp³-hybridized carbons (Fsp3) is 0.429. The molecule has 18 heavy (non-hydrogen) atoms. The zero-order chi connectivity index (χ0) is 12.8. The van der Waals surface area contributed by atoms with Gasteiger partial charge in [0.05, 0.1) is 6.54 Å². The third-order valence-electron chi connectivity index (χ3n) is 2.90. The monoisotopic (exact) mass is 244 g/mol. The molecule has 2 aromatic rings. The molecule has 0 atom stereocenters. The van der Waals surface area contributed by atoms with Crippen LogP contribution in [0.25, 0.3) is 0 Å². The second-order valence-corrected chi connectivity index (χ2v) is 4.54. The van der Waals surface area contributed by atoms with Crippen LogP contribution in [0, 0.1) is 0 Å². The van der Waals surface area contributed by atoms with Gasteiger partial charge in [0.2, 0.25) is 0 Å². The van der Waals surface area contributed by atoms with E-state index in [0.717, 1.165) is 11.4 Å². The van der Waals surface area contributed by atoms with Crippen LogP contribution in [0.4, 0.5) is 5.69 Å². The second-order valence-electron chi connectivity index (χ2n) is 4.54.